The minimum Gasteiger partial charge on any atom is -0.376 e. The molecule has 0 aliphatic heterocycles. The van der Waals surface area contributed by atoms with Gasteiger partial charge in [-0.3, -0.25) is 4.98 Å². The summed E-state index contributed by atoms with van der Waals surface area (Å²) >= 11 is 6.07. The van der Waals surface area contributed by atoms with Gasteiger partial charge in [0, 0.05) is 30.7 Å². The van der Waals surface area contributed by atoms with Crippen molar-refractivity contribution in [1.29, 1.82) is 5.26 Å². The molecular weight excluding hydrogens is 234 g/mol. The highest BCUT2D eigenvalue weighted by Crippen LogP contribution is 2.32. The SMILES string of the molecule is Cc1c(Cl)ccc2c(N(C)C)c(C#N)cnc12. The third kappa shape index (κ3) is 1.81. The Morgan fingerprint density at radius 1 is 1.35 bits per heavy atom. The second-order valence-corrected chi connectivity index (χ2v) is 4.50. The smallest absolute Gasteiger partial charge is 0.103 e. The van der Waals surface area contributed by atoms with E-state index in [2.05, 4.69) is 11.1 Å². The number of rotatable bonds is 1. The molecule has 0 saturated heterocycles. The van der Waals surface area contributed by atoms with Crippen LogP contribution in [0.1, 0.15) is 11.1 Å². The summed E-state index contributed by atoms with van der Waals surface area (Å²) in [6.45, 7) is 1.93. The Kier molecular flexibility index (Phi) is 2.91. The molecule has 0 N–H and O–H groups in total. The highest BCUT2D eigenvalue weighted by Gasteiger charge is 2.12. The largest absolute Gasteiger partial charge is 0.376 e. The van der Waals surface area contributed by atoms with Crippen molar-refractivity contribution in [3.63, 3.8) is 0 Å². The summed E-state index contributed by atoms with van der Waals surface area (Å²) in [5.74, 6) is 0. The van der Waals surface area contributed by atoms with Crippen molar-refractivity contribution >= 4 is 28.2 Å². The zero-order valence-corrected chi connectivity index (χ0v) is 10.7. The molecule has 0 radical (unpaired) electrons. The molecule has 0 aliphatic rings. The molecule has 3 nitrogen and oxygen atoms in total. The average molecular weight is 246 g/mol. The number of nitrogens with zero attached hydrogens (tertiary/aromatic N) is 3. The number of fused-ring (bicyclic) bond motifs is 1. The van der Waals surface area contributed by atoms with E-state index < -0.39 is 0 Å². The van der Waals surface area contributed by atoms with Crippen molar-refractivity contribution < 1.29 is 0 Å². The quantitative estimate of drug-likeness (QED) is 0.775. The van der Waals surface area contributed by atoms with Crippen LogP contribution >= 0.6 is 11.6 Å². The summed E-state index contributed by atoms with van der Waals surface area (Å²) < 4.78 is 0. The Hall–Kier alpha value is -1.79. The molecule has 86 valence electrons. The zero-order valence-electron chi connectivity index (χ0n) is 9.95. The molecule has 0 saturated carbocycles. The topological polar surface area (TPSA) is 39.9 Å². The maximum absolute atomic E-state index is 9.11. The number of pyridine rings is 1. The fourth-order valence-corrected chi connectivity index (χ4v) is 2.08. The van der Waals surface area contributed by atoms with E-state index >= 15 is 0 Å². The van der Waals surface area contributed by atoms with E-state index in [9.17, 15) is 0 Å². The zero-order chi connectivity index (χ0) is 12.6. The summed E-state index contributed by atoms with van der Waals surface area (Å²) in [6.07, 6.45) is 1.60. The van der Waals surface area contributed by atoms with Gasteiger partial charge in [-0.05, 0) is 24.6 Å². The van der Waals surface area contributed by atoms with Crippen LogP contribution in [0.2, 0.25) is 5.02 Å². The number of aryl methyl sites for hydroxylation is 1. The van der Waals surface area contributed by atoms with E-state index in [0.717, 1.165) is 22.2 Å². The lowest BCUT2D eigenvalue weighted by molar-refractivity contribution is 1.13. The van der Waals surface area contributed by atoms with Crippen LogP contribution in [0.15, 0.2) is 18.3 Å². The number of hydrogen-bond donors (Lipinski definition) is 0. The number of benzene rings is 1. The molecule has 2 aromatic rings. The van der Waals surface area contributed by atoms with Crippen LogP contribution in [0, 0.1) is 18.3 Å². The monoisotopic (exact) mass is 245 g/mol. The molecule has 0 bridgehead atoms. The van der Waals surface area contributed by atoms with Gasteiger partial charge >= 0.3 is 0 Å². The maximum Gasteiger partial charge on any atom is 0.103 e. The van der Waals surface area contributed by atoms with Gasteiger partial charge in [0.1, 0.15) is 6.07 Å². The second-order valence-electron chi connectivity index (χ2n) is 4.10. The third-order valence-corrected chi connectivity index (χ3v) is 3.18. The Morgan fingerprint density at radius 3 is 2.65 bits per heavy atom. The number of halogens is 1. The lowest BCUT2D eigenvalue weighted by Crippen LogP contribution is -2.11. The Labute approximate surface area is 105 Å². The highest BCUT2D eigenvalue weighted by molar-refractivity contribution is 6.32. The van der Waals surface area contributed by atoms with E-state index in [0.29, 0.717) is 10.6 Å². The van der Waals surface area contributed by atoms with Crippen LogP contribution in [-0.2, 0) is 0 Å². The summed E-state index contributed by atoms with van der Waals surface area (Å²) in [6, 6.07) is 5.92. The van der Waals surface area contributed by atoms with Crippen molar-refractivity contribution in [3.8, 4) is 6.07 Å². The standard InChI is InChI=1S/C13H12ClN3/c1-8-11(14)5-4-10-12(8)16-7-9(6-15)13(10)17(2)3/h4-5,7H,1-3H3. The molecule has 4 heteroatoms. The average Bonchev–Trinajstić information content (AvgIpc) is 2.32. The van der Waals surface area contributed by atoms with Crippen LogP contribution < -0.4 is 4.90 Å². The van der Waals surface area contributed by atoms with E-state index in [-0.39, 0.29) is 0 Å². The van der Waals surface area contributed by atoms with Crippen molar-refractivity contribution in [2.75, 3.05) is 19.0 Å². The van der Waals surface area contributed by atoms with Gasteiger partial charge in [-0.25, -0.2) is 0 Å². The van der Waals surface area contributed by atoms with Crippen molar-refractivity contribution in [2.45, 2.75) is 6.92 Å². The molecule has 1 aromatic heterocycles. The van der Waals surface area contributed by atoms with Gasteiger partial charge in [0.2, 0.25) is 0 Å². The minimum atomic E-state index is 0.573. The number of anilines is 1. The fraction of sp³-hybridized carbons (Fsp3) is 0.231. The first-order valence-electron chi connectivity index (χ1n) is 5.21. The lowest BCUT2D eigenvalue weighted by atomic mass is 10.1. The Morgan fingerprint density at radius 2 is 2.06 bits per heavy atom. The molecule has 2 rings (SSSR count). The molecule has 17 heavy (non-hydrogen) atoms. The van der Waals surface area contributed by atoms with Crippen LogP contribution in [0.4, 0.5) is 5.69 Å². The van der Waals surface area contributed by atoms with Gasteiger partial charge in [-0.2, -0.15) is 5.26 Å². The Balaban J connectivity index is 2.93. The lowest BCUT2D eigenvalue weighted by Gasteiger charge is -2.17. The summed E-state index contributed by atoms with van der Waals surface area (Å²) in [5, 5.41) is 10.8. The molecule has 0 atom stereocenters. The number of hydrogen-bond acceptors (Lipinski definition) is 3. The molecule has 0 fully saturated rings. The van der Waals surface area contributed by atoms with Gasteiger partial charge in [-0.15, -0.1) is 0 Å². The van der Waals surface area contributed by atoms with E-state index in [1.165, 1.54) is 0 Å². The van der Waals surface area contributed by atoms with Gasteiger partial charge in [0.05, 0.1) is 16.8 Å². The van der Waals surface area contributed by atoms with Gasteiger partial charge in [-0.1, -0.05) is 11.6 Å². The third-order valence-electron chi connectivity index (χ3n) is 2.77. The van der Waals surface area contributed by atoms with E-state index in [1.54, 1.807) is 6.20 Å². The second kappa shape index (κ2) is 4.23. The Bertz CT molecular complexity index is 627. The molecule has 0 unspecified atom stereocenters. The van der Waals surface area contributed by atoms with Gasteiger partial charge in [0.25, 0.3) is 0 Å². The molecule has 1 aromatic carbocycles. The maximum atomic E-state index is 9.11. The fourth-order valence-electron chi connectivity index (χ4n) is 1.93. The van der Waals surface area contributed by atoms with E-state index in [4.69, 9.17) is 16.9 Å². The molecule has 0 amide bonds. The molecule has 0 spiro atoms. The predicted molar refractivity (Wildman–Crippen MR) is 70.5 cm³/mol. The van der Waals surface area contributed by atoms with E-state index in [1.807, 2.05) is 38.1 Å². The van der Waals surface area contributed by atoms with Crippen LogP contribution in [0.25, 0.3) is 10.9 Å². The first-order valence-corrected chi connectivity index (χ1v) is 5.59. The molecule has 1 heterocycles. The number of nitriles is 1. The van der Waals surface area contributed by atoms with Crippen molar-refractivity contribution in [2.24, 2.45) is 0 Å². The first kappa shape index (κ1) is 11.7. The molecular formula is C13H12ClN3. The summed E-state index contributed by atoms with van der Waals surface area (Å²) in [4.78, 5) is 6.25. The molecule has 0 aliphatic carbocycles. The normalized spacial score (nSPS) is 10.3. The van der Waals surface area contributed by atoms with Crippen LogP contribution in [0.3, 0.4) is 0 Å². The highest BCUT2D eigenvalue weighted by atomic mass is 35.5. The van der Waals surface area contributed by atoms with Crippen LogP contribution in [-0.4, -0.2) is 19.1 Å². The van der Waals surface area contributed by atoms with Crippen molar-refractivity contribution in [3.05, 3.63) is 34.5 Å². The van der Waals surface area contributed by atoms with Gasteiger partial charge < -0.3 is 4.90 Å². The first-order chi connectivity index (χ1) is 8.06. The number of aromatic nitrogens is 1. The van der Waals surface area contributed by atoms with Crippen molar-refractivity contribution in [1.82, 2.24) is 4.98 Å². The summed E-state index contributed by atoms with van der Waals surface area (Å²) in [7, 11) is 3.83. The van der Waals surface area contributed by atoms with Gasteiger partial charge in [0.15, 0.2) is 0 Å². The van der Waals surface area contributed by atoms with Crippen LogP contribution in [0.5, 0.6) is 0 Å². The predicted octanol–water partition coefficient (Wildman–Crippen LogP) is 3.13. The minimum absolute atomic E-state index is 0.573. The summed E-state index contributed by atoms with van der Waals surface area (Å²) in [5.41, 5.74) is 3.25.